The summed E-state index contributed by atoms with van der Waals surface area (Å²) in [5, 5.41) is 0. The Bertz CT molecular complexity index is 881. The number of hydrogen-bond donors (Lipinski definition) is 2. The maximum Gasteiger partial charge on any atom is 0.144 e. The lowest BCUT2D eigenvalue weighted by Gasteiger charge is -2.09. The minimum absolute atomic E-state index is 0.561. The van der Waals surface area contributed by atoms with Gasteiger partial charge in [0.05, 0.1) is 29.9 Å². The van der Waals surface area contributed by atoms with E-state index in [0.29, 0.717) is 5.92 Å². The summed E-state index contributed by atoms with van der Waals surface area (Å²) < 4.78 is 5.59. The summed E-state index contributed by atoms with van der Waals surface area (Å²) in [6.07, 6.45) is 15.1. The first-order valence-electron chi connectivity index (χ1n) is 10.2. The predicted octanol–water partition coefficient (Wildman–Crippen LogP) is 6.22. The summed E-state index contributed by atoms with van der Waals surface area (Å²) in [7, 11) is 1.71. The number of hydrogen-bond acceptors (Lipinski definition) is 2. The molecule has 4 heterocycles. The zero-order valence-electron chi connectivity index (χ0n) is 16.3. The lowest BCUT2D eigenvalue weighted by molar-refractivity contribution is 0.414. The van der Waals surface area contributed by atoms with E-state index in [1.54, 1.807) is 7.11 Å². The molecular weight excluding hydrogens is 334 g/mol. The van der Waals surface area contributed by atoms with Crippen LogP contribution in [0.25, 0.3) is 17.5 Å². The molecule has 0 amide bonds. The molecular formula is C23H29N3O. The van der Waals surface area contributed by atoms with E-state index >= 15 is 0 Å². The number of nitrogens with zero attached hydrogens (tertiary/aromatic N) is 1. The van der Waals surface area contributed by atoms with Gasteiger partial charge in [-0.3, -0.25) is 4.99 Å². The monoisotopic (exact) mass is 363 g/mol. The highest BCUT2D eigenvalue weighted by molar-refractivity contribution is 5.99. The summed E-state index contributed by atoms with van der Waals surface area (Å²) in [6, 6.07) is 6.44. The lowest BCUT2D eigenvalue weighted by Crippen LogP contribution is -1.95. The van der Waals surface area contributed by atoms with E-state index in [1.165, 1.54) is 49.9 Å². The molecule has 27 heavy (non-hydrogen) atoms. The van der Waals surface area contributed by atoms with Crippen LogP contribution < -0.4 is 4.74 Å². The molecule has 2 aromatic rings. The smallest absolute Gasteiger partial charge is 0.144 e. The third-order valence-electron chi connectivity index (χ3n) is 5.64. The fourth-order valence-electron chi connectivity index (χ4n) is 3.96. The first-order valence-corrected chi connectivity index (χ1v) is 10.2. The van der Waals surface area contributed by atoms with E-state index in [4.69, 9.17) is 9.73 Å². The zero-order valence-corrected chi connectivity index (χ0v) is 16.3. The van der Waals surface area contributed by atoms with Crippen LogP contribution in [0.1, 0.15) is 69.2 Å². The second kappa shape index (κ2) is 8.03. The van der Waals surface area contributed by atoms with Gasteiger partial charge in [-0.15, -0.1) is 0 Å². The van der Waals surface area contributed by atoms with Crippen LogP contribution >= 0.6 is 0 Å². The SMILES string of the molecule is COc1cc2[nH]c1C=C1C=CC(=N1)CCCCCCCC(C)c1ccc-2[nH]1. The van der Waals surface area contributed by atoms with Crippen molar-refractivity contribution in [3.8, 4) is 17.1 Å². The molecule has 2 aliphatic rings. The van der Waals surface area contributed by atoms with Crippen LogP contribution in [-0.4, -0.2) is 22.8 Å². The number of rotatable bonds is 1. The van der Waals surface area contributed by atoms with Crippen molar-refractivity contribution in [3.05, 3.63) is 47.4 Å². The molecule has 4 heteroatoms. The van der Waals surface area contributed by atoms with E-state index in [2.05, 4.69) is 53.3 Å². The van der Waals surface area contributed by atoms with Crippen molar-refractivity contribution < 1.29 is 4.74 Å². The standard InChI is InChI=1S/C23H29N3O/c1-16-8-6-4-3-5-7-9-17-10-11-18(24-17)14-22-23(27-2)15-21(26-22)20-13-12-19(16)25-20/h10-16,25-26H,3-9H2,1-2H3. The fourth-order valence-corrected chi connectivity index (χ4v) is 3.96. The van der Waals surface area contributed by atoms with Crippen LogP contribution in [0.15, 0.2) is 41.0 Å². The molecule has 0 spiro atoms. The van der Waals surface area contributed by atoms with Crippen LogP contribution in [0.2, 0.25) is 0 Å². The predicted molar refractivity (Wildman–Crippen MR) is 112 cm³/mol. The Labute approximate surface area is 161 Å². The van der Waals surface area contributed by atoms with Gasteiger partial charge in [0.1, 0.15) is 5.75 Å². The Morgan fingerprint density at radius 3 is 2.74 bits per heavy atom. The molecule has 6 bridgehead atoms. The number of aromatic nitrogens is 2. The van der Waals surface area contributed by atoms with E-state index in [9.17, 15) is 0 Å². The number of ether oxygens (including phenoxy) is 1. The normalized spacial score (nSPS) is 20.6. The van der Waals surface area contributed by atoms with E-state index in [-0.39, 0.29) is 0 Å². The molecule has 0 radical (unpaired) electrons. The van der Waals surface area contributed by atoms with Crippen molar-refractivity contribution in [1.29, 1.82) is 0 Å². The van der Waals surface area contributed by atoms with Crippen molar-refractivity contribution >= 4 is 11.8 Å². The molecule has 0 fully saturated rings. The Morgan fingerprint density at radius 2 is 1.85 bits per heavy atom. The third kappa shape index (κ3) is 4.10. The molecule has 4 rings (SSSR count). The average Bonchev–Trinajstić information content (AvgIpc) is 3.39. The molecule has 2 aromatic heterocycles. The number of allylic oxidation sites excluding steroid dienone is 2. The molecule has 4 nitrogen and oxygen atoms in total. The van der Waals surface area contributed by atoms with Gasteiger partial charge in [0.15, 0.2) is 0 Å². The van der Waals surface area contributed by atoms with Gasteiger partial charge in [-0.2, -0.15) is 0 Å². The summed E-state index contributed by atoms with van der Waals surface area (Å²) in [5.41, 5.74) is 6.60. The van der Waals surface area contributed by atoms with E-state index in [0.717, 1.165) is 34.9 Å². The minimum Gasteiger partial charge on any atom is -0.494 e. The van der Waals surface area contributed by atoms with Crippen molar-refractivity contribution in [2.75, 3.05) is 7.11 Å². The third-order valence-corrected chi connectivity index (χ3v) is 5.64. The van der Waals surface area contributed by atoms with Gasteiger partial charge < -0.3 is 14.7 Å². The number of nitrogens with one attached hydrogen (secondary N) is 2. The Kier molecular flexibility index (Phi) is 5.33. The molecule has 0 aliphatic carbocycles. The molecule has 0 saturated heterocycles. The van der Waals surface area contributed by atoms with Gasteiger partial charge in [-0.05, 0) is 55.5 Å². The number of aromatic amines is 2. The number of methoxy groups -OCH3 is 1. The van der Waals surface area contributed by atoms with Gasteiger partial charge in [0.2, 0.25) is 0 Å². The minimum atomic E-state index is 0.561. The number of aliphatic imine (C=N–C) groups is 1. The maximum absolute atomic E-state index is 5.59. The molecule has 2 aliphatic heterocycles. The maximum atomic E-state index is 5.59. The summed E-state index contributed by atoms with van der Waals surface area (Å²) in [4.78, 5) is 11.9. The van der Waals surface area contributed by atoms with Crippen molar-refractivity contribution in [2.45, 2.75) is 57.8 Å². The summed E-state index contributed by atoms with van der Waals surface area (Å²) in [5.74, 6) is 1.40. The summed E-state index contributed by atoms with van der Waals surface area (Å²) in [6.45, 7) is 2.32. The van der Waals surface area contributed by atoms with Crippen molar-refractivity contribution in [2.24, 2.45) is 4.99 Å². The quantitative estimate of drug-likeness (QED) is 0.621. The molecule has 1 atom stereocenters. The molecule has 2 N–H and O–H groups in total. The average molecular weight is 364 g/mol. The number of fused-ring (bicyclic) bond motifs is 6. The first-order chi connectivity index (χ1) is 13.2. The highest BCUT2D eigenvalue weighted by Gasteiger charge is 2.14. The largest absolute Gasteiger partial charge is 0.494 e. The van der Waals surface area contributed by atoms with E-state index in [1.807, 2.05) is 0 Å². The fraction of sp³-hybridized carbons (Fsp3) is 0.435. The van der Waals surface area contributed by atoms with Gasteiger partial charge in [-0.1, -0.05) is 32.6 Å². The Hall–Kier alpha value is -2.49. The highest BCUT2D eigenvalue weighted by atomic mass is 16.5. The first kappa shape index (κ1) is 17.9. The van der Waals surface area contributed by atoms with Crippen molar-refractivity contribution in [3.63, 3.8) is 0 Å². The topological polar surface area (TPSA) is 53.2 Å². The van der Waals surface area contributed by atoms with Crippen LogP contribution in [-0.2, 0) is 0 Å². The lowest BCUT2D eigenvalue weighted by atomic mass is 9.99. The van der Waals surface area contributed by atoms with Crippen LogP contribution in [0, 0.1) is 0 Å². The molecule has 0 saturated carbocycles. The van der Waals surface area contributed by atoms with Crippen LogP contribution in [0.5, 0.6) is 5.75 Å². The van der Waals surface area contributed by atoms with Crippen LogP contribution in [0.3, 0.4) is 0 Å². The molecule has 142 valence electrons. The second-order valence-corrected chi connectivity index (χ2v) is 7.71. The Balaban J connectivity index is 1.67. The van der Waals surface area contributed by atoms with Crippen LogP contribution in [0.4, 0.5) is 0 Å². The van der Waals surface area contributed by atoms with Gasteiger partial charge >= 0.3 is 0 Å². The Morgan fingerprint density at radius 1 is 1.00 bits per heavy atom. The number of H-pyrrole nitrogens is 2. The second-order valence-electron chi connectivity index (χ2n) is 7.71. The molecule has 1 unspecified atom stereocenters. The molecule has 0 aromatic carbocycles. The summed E-state index contributed by atoms with van der Waals surface area (Å²) >= 11 is 0. The highest BCUT2D eigenvalue weighted by Crippen LogP contribution is 2.31. The van der Waals surface area contributed by atoms with Gasteiger partial charge in [0, 0.05) is 17.5 Å². The van der Waals surface area contributed by atoms with E-state index < -0.39 is 0 Å². The zero-order chi connectivity index (χ0) is 18.6. The van der Waals surface area contributed by atoms with Gasteiger partial charge in [0.25, 0.3) is 0 Å². The van der Waals surface area contributed by atoms with Crippen molar-refractivity contribution in [1.82, 2.24) is 9.97 Å². The van der Waals surface area contributed by atoms with Gasteiger partial charge in [-0.25, -0.2) is 0 Å².